The topological polar surface area (TPSA) is 21.3 Å². The number of methoxy groups -OCH3 is 1. The third kappa shape index (κ3) is 3.90. The van der Waals surface area contributed by atoms with E-state index in [1.807, 2.05) is 11.8 Å². The first-order chi connectivity index (χ1) is 9.24. The Bertz CT molecular complexity index is 408. The number of rotatable bonds is 6. The maximum absolute atomic E-state index is 5.36. The molecule has 2 rings (SSSR count). The quantitative estimate of drug-likeness (QED) is 0.858. The average Bonchev–Trinajstić information content (AvgIpc) is 2.44. The summed E-state index contributed by atoms with van der Waals surface area (Å²) in [5.41, 5.74) is 2.93. The minimum absolute atomic E-state index is 0.503. The van der Waals surface area contributed by atoms with Crippen molar-refractivity contribution in [1.82, 2.24) is 5.32 Å². The normalized spacial score (nSPS) is 19.8. The van der Waals surface area contributed by atoms with E-state index in [2.05, 4.69) is 36.7 Å². The van der Waals surface area contributed by atoms with Crippen LogP contribution in [0.1, 0.15) is 36.9 Å². The van der Waals surface area contributed by atoms with Crippen molar-refractivity contribution < 1.29 is 4.74 Å². The lowest BCUT2D eigenvalue weighted by atomic mass is 9.87. The molecule has 1 aromatic carbocycles. The van der Waals surface area contributed by atoms with Gasteiger partial charge in [0.1, 0.15) is 5.75 Å². The van der Waals surface area contributed by atoms with Crippen molar-refractivity contribution in [3.05, 3.63) is 29.3 Å². The van der Waals surface area contributed by atoms with E-state index >= 15 is 0 Å². The van der Waals surface area contributed by atoms with Gasteiger partial charge in [-0.3, -0.25) is 0 Å². The van der Waals surface area contributed by atoms with Crippen molar-refractivity contribution >= 4 is 11.8 Å². The molecule has 19 heavy (non-hydrogen) atoms. The van der Waals surface area contributed by atoms with E-state index in [4.69, 9.17) is 4.74 Å². The molecule has 0 saturated heterocycles. The summed E-state index contributed by atoms with van der Waals surface area (Å²) in [6.45, 7) is 3.42. The van der Waals surface area contributed by atoms with Gasteiger partial charge in [0, 0.05) is 6.04 Å². The summed E-state index contributed by atoms with van der Waals surface area (Å²) in [5.74, 6) is 2.93. The van der Waals surface area contributed by atoms with Crippen molar-refractivity contribution in [2.75, 3.05) is 25.7 Å². The zero-order valence-corrected chi connectivity index (χ0v) is 13.1. The van der Waals surface area contributed by atoms with Crippen molar-refractivity contribution in [2.45, 2.75) is 32.2 Å². The first-order valence-electron chi connectivity index (χ1n) is 7.13. The van der Waals surface area contributed by atoms with E-state index in [9.17, 15) is 0 Å². The lowest BCUT2D eigenvalue weighted by Gasteiger charge is -2.28. The van der Waals surface area contributed by atoms with Gasteiger partial charge in [-0.25, -0.2) is 0 Å². The monoisotopic (exact) mass is 279 g/mol. The fourth-order valence-electron chi connectivity index (χ4n) is 2.80. The number of hydrogen-bond acceptors (Lipinski definition) is 3. The molecule has 1 aromatic rings. The Hall–Kier alpha value is -0.670. The van der Waals surface area contributed by atoms with Gasteiger partial charge in [-0.05, 0) is 67.0 Å². The molecule has 0 radical (unpaired) electrons. The van der Waals surface area contributed by atoms with Gasteiger partial charge in [-0.15, -0.1) is 0 Å². The molecule has 106 valence electrons. The molecule has 2 unspecified atom stereocenters. The molecule has 0 amide bonds. The molecule has 0 fully saturated rings. The van der Waals surface area contributed by atoms with Crippen molar-refractivity contribution in [3.63, 3.8) is 0 Å². The number of hydrogen-bond donors (Lipinski definition) is 1. The second-order valence-corrected chi connectivity index (χ2v) is 6.39. The second kappa shape index (κ2) is 7.20. The van der Waals surface area contributed by atoms with Crippen molar-refractivity contribution in [3.8, 4) is 5.75 Å². The van der Waals surface area contributed by atoms with E-state index in [1.54, 1.807) is 7.11 Å². The van der Waals surface area contributed by atoms with Crippen LogP contribution >= 0.6 is 11.8 Å². The van der Waals surface area contributed by atoms with Crippen LogP contribution in [-0.4, -0.2) is 25.7 Å². The Labute approximate surface area is 121 Å². The summed E-state index contributed by atoms with van der Waals surface area (Å²) in [5, 5.41) is 3.74. The van der Waals surface area contributed by atoms with Crippen LogP contribution < -0.4 is 10.1 Å². The lowest BCUT2D eigenvalue weighted by molar-refractivity contribution is 0.404. The molecule has 0 aliphatic heterocycles. The van der Waals surface area contributed by atoms with E-state index in [0.717, 1.165) is 18.2 Å². The molecule has 1 aliphatic carbocycles. The van der Waals surface area contributed by atoms with E-state index < -0.39 is 0 Å². The maximum Gasteiger partial charge on any atom is 0.119 e. The molecule has 2 nitrogen and oxygen atoms in total. The standard InChI is InChI=1S/C16H25NOS/c1-12(11-19-3)10-17-16-6-4-5-13-7-8-14(18-2)9-15(13)16/h7-9,12,16-17H,4-6,10-11H2,1-3H3. The summed E-state index contributed by atoms with van der Waals surface area (Å²) in [6.07, 6.45) is 5.91. The first-order valence-corrected chi connectivity index (χ1v) is 8.53. The van der Waals surface area contributed by atoms with Gasteiger partial charge in [0.25, 0.3) is 0 Å². The highest BCUT2D eigenvalue weighted by atomic mass is 32.2. The van der Waals surface area contributed by atoms with Crippen LogP contribution in [0.15, 0.2) is 18.2 Å². The Kier molecular flexibility index (Phi) is 5.59. The van der Waals surface area contributed by atoms with Crippen molar-refractivity contribution in [2.24, 2.45) is 5.92 Å². The molecule has 0 saturated carbocycles. The van der Waals surface area contributed by atoms with Crippen LogP contribution in [0.5, 0.6) is 5.75 Å². The molecular weight excluding hydrogens is 254 g/mol. The predicted molar refractivity (Wildman–Crippen MR) is 84.2 cm³/mol. The van der Waals surface area contributed by atoms with Crippen LogP contribution in [-0.2, 0) is 6.42 Å². The zero-order chi connectivity index (χ0) is 13.7. The number of nitrogens with one attached hydrogen (secondary N) is 1. The molecule has 0 heterocycles. The summed E-state index contributed by atoms with van der Waals surface area (Å²) >= 11 is 1.93. The van der Waals surface area contributed by atoms with Gasteiger partial charge in [-0.1, -0.05) is 13.0 Å². The predicted octanol–water partition coefficient (Wildman–Crippen LogP) is 3.66. The fraction of sp³-hybridized carbons (Fsp3) is 0.625. The van der Waals surface area contributed by atoms with Crippen LogP contribution in [0, 0.1) is 5.92 Å². The second-order valence-electron chi connectivity index (χ2n) is 5.48. The number of benzene rings is 1. The smallest absolute Gasteiger partial charge is 0.119 e. The molecule has 0 spiro atoms. The lowest BCUT2D eigenvalue weighted by Crippen LogP contribution is -2.29. The van der Waals surface area contributed by atoms with Crippen LogP contribution in [0.3, 0.4) is 0 Å². The highest BCUT2D eigenvalue weighted by Gasteiger charge is 2.20. The Morgan fingerprint density at radius 3 is 3.05 bits per heavy atom. The third-order valence-corrected chi connectivity index (χ3v) is 4.73. The fourth-order valence-corrected chi connectivity index (χ4v) is 3.49. The van der Waals surface area contributed by atoms with Gasteiger partial charge < -0.3 is 10.1 Å². The van der Waals surface area contributed by atoms with Crippen LogP contribution in [0.4, 0.5) is 0 Å². The minimum Gasteiger partial charge on any atom is -0.497 e. The van der Waals surface area contributed by atoms with Gasteiger partial charge in [0.15, 0.2) is 0 Å². The Balaban J connectivity index is 2.04. The molecular formula is C16H25NOS. The zero-order valence-electron chi connectivity index (χ0n) is 12.2. The van der Waals surface area contributed by atoms with E-state index in [0.29, 0.717) is 6.04 Å². The molecule has 1 aliphatic rings. The van der Waals surface area contributed by atoms with Crippen LogP contribution in [0.25, 0.3) is 0 Å². The largest absolute Gasteiger partial charge is 0.497 e. The van der Waals surface area contributed by atoms with E-state index in [-0.39, 0.29) is 0 Å². The summed E-state index contributed by atoms with van der Waals surface area (Å²) in [7, 11) is 1.74. The maximum atomic E-state index is 5.36. The number of aryl methyl sites for hydroxylation is 1. The van der Waals surface area contributed by atoms with E-state index in [1.165, 1.54) is 36.1 Å². The highest BCUT2D eigenvalue weighted by Crippen LogP contribution is 2.32. The number of thioether (sulfide) groups is 1. The molecule has 0 aromatic heterocycles. The van der Waals surface area contributed by atoms with Gasteiger partial charge in [0.2, 0.25) is 0 Å². The SMILES string of the molecule is COc1ccc2c(c1)C(NCC(C)CSC)CCC2. The number of fused-ring (bicyclic) bond motifs is 1. The summed E-state index contributed by atoms with van der Waals surface area (Å²) in [4.78, 5) is 0. The van der Waals surface area contributed by atoms with Gasteiger partial charge >= 0.3 is 0 Å². The van der Waals surface area contributed by atoms with Gasteiger partial charge in [0.05, 0.1) is 7.11 Å². The third-order valence-electron chi connectivity index (χ3n) is 3.83. The minimum atomic E-state index is 0.503. The Morgan fingerprint density at radius 1 is 1.47 bits per heavy atom. The molecule has 1 N–H and O–H groups in total. The molecule has 0 bridgehead atoms. The molecule has 3 heteroatoms. The highest BCUT2D eigenvalue weighted by molar-refractivity contribution is 7.98. The number of ether oxygens (including phenoxy) is 1. The van der Waals surface area contributed by atoms with Crippen molar-refractivity contribution in [1.29, 1.82) is 0 Å². The first kappa shape index (κ1) is 14.7. The average molecular weight is 279 g/mol. The molecule has 2 atom stereocenters. The van der Waals surface area contributed by atoms with Crippen LogP contribution in [0.2, 0.25) is 0 Å². The summed E-state index contributed by atoms with van der Waals surface area (Å²) < 4.78 is 5.36. The van der Waals surface area contributed by atoms with Gasteiger partial charge in [-0.2, -0.15) is 11.8 Å². The Morgan fingerprint density at radius 2 is 2.32 bits per heavy atom. The summed E-state index contributed by atoms with van der Waals surface area (Å²) in [6, 6.07) is 7.03.